The largest absolute Gasteiger partial charge is 0.394 e. The minimum absolute atomic E-state index is 0.132. The molecule has 1 saturated heterocycles. The van der Waals surface area contributed by atoms with E-state index in [0.717, 1.165) is 26.1 Å². The second-order valence-corrected chi connectivity index (χ2v) is 5.08. The Morgan fingerprint density at radius 3 is 2.67 bits per heavy atom. The molecule has 1 aromatic carbocycles. The zero-order valence-corrected chi connectivity index (χ0v) is 11.4. The van der Waals surface area contributed by atoms with Gasteiger partial charge in [-0.25, -0.2) is 0 Å². The van der Waals surface area contributed by atoms with E-state index in [1.165, 1.54) is 11.1 Å². The molecule has 0 spiro atoms. The normalized spacial score (nSPS) is 22.9. The topological polar surface area (TPSA) is 35.5 Å². The van der Waals surface area contributed by atoms with Gasteiger partial charge in [0.1, 0.15) is 0 Å². The van der Waals surface area contributed by atoms with Gasteiger partial charge in [0.25, 0.3) is 0 Å². The Bertz CT molecular complexity index is 363. The molecular formula is C15H24N2O. The zero-order chi connectivity index (χ0) is 13.0. The fraction of sp³-hybridized carbons (Fsp3) is 0.600. The molecule has 2 N–H and O–H groups in total. The average molecular weight is 248 g/mol. The van der Waals surface area contributed by atoms with Crippen LogP contribution < -0.4 is 5.32 Å². The van der Waals surface area contributed by atoms with Crippen molar-refractivity contribution in [3.05, 3.63) is 35.4 Å². The highest BCUT2D eigenvalue weighted by Crippen LogP contribution is 2.23. The van der Waals surface area contributed by atoms with Crippen LogP contribution in [-0.4, -0.2) is 42.3 Å². The molecule has 3 heteroatoms. The summed E-state index contributed by atoms with van der Waals surface area (Å²) in [5, 5.41) is 13.1. The number of aryl methyl sites for hydroxylation is 1. The monoisotopic (exact) mass is 248 g/mol. The first-order valence-corrected chi connectivity index (χ1v) is 6.92. The number of nitrogens with one attached hydrogen (secondary N) is 1. The number of aliphatic hydroxyl groups excluding tert-OH is 1. The van der Waals surface area contributed by atoms with Gasteiger partial charge in [0, 0.05) is 25.7 Å². The van der Waals surface area contributed by atoms with Gasteiger partial charge in [-0.15, -0.1) is 0 Å². The first-order valence-electron chi connectivity index (χ1n) is 6.92. The maximum absolute atomic E-state index is 9.71. The number of benzene rings is 1. The molecule has 0 bridgehead atoms. The quantitative estimate of drug-likeness (QED) is 0.849. The van der Waals surface area contributed by atoms with Crippen molar-refractivity contribution >= 4 is 0 Å². The van der Waals surface area contributed by atoms with E-state index in [0.29, 0.717) is 6.04 Å². The number of hydrogen-bond acceptors (Lipinski definition) is 3. The van der Waals surface area contributed by atoms with Gasteiger partial charge < -0.3 is 10.4 Å². The molecule has 3 nitrogen and oxygen atoms in total. The summed E-state index contributed by atoms with van der Waals surface area (Å²) in [7, 11) is 0. The van der Waals surface area contributed by atoms with Crippen LogP contribution in [-0.2, 0) is 6.42 Å². The molecule has 2 unspecified atom stereocenters. The molecule has 0 aliphatic carbocycles. The van der Waals surface area contributed by atoms with E-state index in [2.05, 4.69) is 48.3 Å². The van der Waals surface area contributed by atoms with Crippen molar-refractivity contribution < 1.29 is 5.11 Å². The van der Waals surface area contributed by atoms with Crippen LogP contribution in [0.4, 0.5) is 0 Å². The number of hydrogen-bond donors (Lipinski definition) is 2. The Hall–Kier alpha value is -0.900. The first kappa shape index (κ1) is 13.5. The molecule has 0 aromatic heterocycles. The molecule has 1 fully saturated rings. The third kappa shape index (κ3) is 2.91. The van der Waals surface area contributed by atoms with Gasteiger partial charge in [-0.3, -0.25) is 4.90 Å². The minimum atomic E-state index is 0.132. The molecule has 0 amide bonds. The highest BCUT2D eigenvalue weighted by atomic mass is 16.3. The summed E-state index contributed by atoms with van der Waals surface area (Å²) in [4.78, 5) is 2.40. The Balaban J connectivity index is 2.15. The lowest BCUT2D eigenvalue weighted by atomic mass is 10.0. The molecule has 1 heterocycles. The summed E-state index contributed by atoms with van der Waals surface area (Å²) in [6, 6.07) is 9.27. The van der Waals surface area contributed by atoms with E-state index in [4.69, 9.17) is 0 Å². The van der Waals surface area contributed by atoms with Gasteiger partial charge in [-0.2, -0.15) is 0 Å². The molecule has 1 aromatic rings. The van der Waals surface area contributed by atoms with Gasteiger partial charge in [0.05, 0.1) is 12.6 Å². The molecule has 2 atom stereocenters. The van der Waals surface area contributed by atoms with Gasteiger partial charge in [0.15, 0.2) is 0 Å². The SMILES string of the molecule is CCc1ccc(C(CO)N2CCNCC2C)cc1. The van der Waals surface area contributed by atoms with Crippen LogP contribution in [0.3, 0.4) is 0 Å². The van der Waals surface area contributed by atoms with Crippen LogP contribution in [0.25, 0.3) is 0 Å². The van der Waals surface area contributed by atoms with Crippen molar-refractivity contribution in [3.8, 4) is 0 Å². The lowest BCUT2D eigenvalue weighted by Gasteiger charge is -2.39. The third-order valence-electron chi connectivity index (χ3n) is 3.90. The predicted octanol–water partition coefficient (Wildman–Crippen LogP) is 1.58. The highest BCUT2D eigenvalue weighted by molar-refractivity contribution is 5.25. The van der Waals surface area contributed by atoms with Gasteiger partial charge in [0.2, 0.25) is 0 Å². The second-order valence-electron chi connectivity index (χ2n) is 5.08. The van der Waals surface area contributed by atoms with Crippen molar-refractivity contribution in [2.24, 2.45) is 0 Å². The Morgan fingerprint density at radius 1 is 1.39 bits per heavy atom. The molecule has 0 radical (unpaired) electrons. The lowest BCUT2D eigenvalue weighted by molar-refractivity contribution is 0.0723. The number of rotatable bonds is 4. The average Bonchev–Trinajstić information content (AvgIpc) is 2.42. The first-order chi connectivity index (χ1) is 8.76. The molecule has 1 aliphatic rings. The summed E-state index contributed by atoms with van der Waals surface area (Å²) in [6.07, 6.45) is 1.06. The van der Waals surface area contributed by atoms with Crippen LogP contribution in [0.1, 0.15) is 31.0 Å². The Labute approximate surface area is 110 Å². The van der Waals surface area contributed by atoms with E-state index < -0.39 is 0 Å². The van der Waals surface area contributed by atoms with Crippen molar-refractivity contribution in [3.63, 3.8) is 0 Å². The fourth-order valence-electron chi connectivity index (χ4n) is 2.70. The molecule has 2 rings (SSSR count). The number of nitrogens with zero attached hydrogens (tertiary/aromatic N) is 1. The predicted molar refractivity (Wildman–Crippen MR) is 74.7 cm³/mol. The molecular weight excluding hydrogens is 224 g/mol. The minimum Gasteiger partial charge on any atom is -0.394 e. The van der Waals surface area contributed by atoms with Crippen LogP contribution in [0, 0.1) is 0 Å². The van der Waals surface area contributed by atoms with Gasteiger partial charge >= 0.3 is 0 Å². The standard InChI is InChI=1S/C15H24N2O/c1-3-13-4-6-14(7-5-13)15(11-18)17-9-8-16-10-12(17)2/h4-7,12,15-16,18H,3,8-11H2,1-2H3. The Morgan fingerprint density at radius 2 is 2.11 bits per heavy atom. The van der Waals surface area contributed by atoms with E-state index in [1.54, 1.807) is 0 Å². The van der Waals surface area contributed by atoms with Crippen molar-refractivity contribution in [1.29, 1.82) is 0 Å². The van der Waals surface area contributed by atoms with Crippen LogP contribution in [0.2, 0.25) is 0 Å². The van der Waals surface area contributed by atoms with E-state index >= 15 is 0 Å². The van der Waals surface area contributed by atoms with Crippen LogP contribution in [0.5, 0.6) is 0 Å². The van der Waals surface area contributed by atoms with Crippen molar-refractivity contribution in [2.75, 3.05) is 26.2 Å². The van der Waals surface area contributed by atoms with E-state index in [1.807, 2.05) is 0 Å². The van der Waals surface area contributed by atoms with Crippen molar-refractivity contribution in [2.45, 2.75) is 32.4 Å². The summed E-state index contributed by atoms with van der Waals surface area (Å²) in [5.74, 6) is 0. The smallest absolute Gasteiger partial charge is 0.0628 e. The maximum atomic E-state index is 9.71. The Kier molecular flexibility index (Phi) is 4.75. The fourth-order valence-corrected chi connectivity index (χ4v) is 2.70. The molecule has 100 valence electrons. The highest BCUT2D eigenvalue weighted by Gasteiger charge is 2.26. The van der Waals surface area contributed by atoms with E-state index in [9.17, 15) is 5.11 Å². The summed E-state index contributed by atoms with van der Waals surface area (Å²) < 4.78 is 0. The number of piperazine rings is 1. The molecule has 18 heavy (non-hydrogen) atoms. The molecule has 1 aliphatic heterocycles. The summed E-state index contributed by atoms with van der Waals surface area (Å²) in [6.45, 7) is 7.58. The third-order valence-corrected chi connectivity index (χ3v) is 3.90. The van der Waals surface area contributed by atoms with E-state index in [-0.39, 0.29) is 12.6 Å². The second kappa shape index (κ2) is 6.32. The molecule has 0 saturated carbocycles. The maximum Gasteiger partial charge on any atom is 0.0628 e. The summed E-state index contributed by atoms with van der Waals surface area (Å²) >= 11 is 0. The zero-order valence-electron chi connectivity index (χ0n) is 11.4. The van der Waals surface area contributed by atoms with Crippen LogP contribution >= 0.6 is 0 Å². The van der Waals surface area contributed by atoms with Gasteiger partial charge in [-0.05, 0) is 24.5 Å². The summed E-state index contributed by atoms with van der Waals surface area (Å²) in [5.41, 5.74) is 2.58. The number of aliphatic hydroxyl groups is 1. The lowest BCUT2D eigenvalue weighted by Crippen LogP contribution is -2.51. The van der Waals surface area contributed by atoms with Crippen molar-refractivity contribution in [1.82, 2.24) is 10.2 Å². The van der Waals surface area contributed by atoms with Crippen LogP contribution in [0.15, 0.2) is 24.3 Å². The van der Waals surface area contributed by atoms with Gasteiger partial charge in [-0.1, -0.05) is 31.2 Å².